The first kappa shape index (κ1) is 20.7. The predicted octanol–water partition coefficient (Wildman–Crippen LogP) is 3.83. The number of nitrogens with zero attached hydrogens (tertiary/aromatic N) is 1. The predicted molar refractivity (Wildman–Crippen MR) is 114 cm³/mol. The molecule has 1 aliphatic heterocycles. The Bertz CT molecular complexity index is 971. The van der Waals surface area contributed by atoms with Gasteiger partial charge in [-0.25, -0.2) is 4.79 Å². The number of hydrogen-bond acceptors (Lipinski definition) is 4. The molecule has 7 nitrogen and oxygen atoms in total. The molecule has 2 aromatic rings. The maximum atomic E-state index is 12.9. The van der Waals surface area contributed by atoms with Crippen molar-refractivity contribution < 1.29 is 18.8 Å². The number of halogens is 1. The molecule has 2 aliphatic rings. The molecule has 1 aromatic heterocycles. The Morgan fingerprint density at radius 1 is 1.23 bits per heavy atom. The van der Waals surface area contributed by atoms with E-state index >= 15 is 0 Å². The molecular formula is C22H24BrN3O4. The highest BCUT2D eigenvalue weighted by molar-refractivity contribution is 9.10. The second-order valence-corrected chi connectivity index (χ2v) is 8.90. The van der Waals surface area contributed by atoms with Crippen molar-refractivity contribution in [3.63, 3.8) is 0 Å². The molecule has 8 heteroatoms. The van der Waals surface area contributed by atoms with Gasteiger partial charge in [0.15, 0.2) is 0 Å². The third-order valence-corrected chi connectivity index (χ3v) is 6.58. The number of carbonyl (C=O) groups excluding carboxylic acids is 3. The average Bonchev–Trinajstić information content (AvgIpc) is 3.29. The number of hydrogen-bond donors (Lipinski definition) is 2. The molecule has 2 fully saturated rings. The fraction of sp³-hybridized carbons (Fsp3) is 0.409. The van der Waals surface area contributed by atoms with Gasteiger partial charge in [0.25, 0.3) is 5.91 Å². The fourth-order valence-corrected chi connectivity index (χ4v) is 4.53. The van der Waals surface area contributed by atoms with Crippen molar-refractivity contribution >= 4 is 33.8 Å². The molecule has 1 aromatic carbocycles. The molecule has 1 saturated carbocycles. The minimum atomic E-state index is -0.851. The first-order chi connectivity index (χ1) is 14.4. The molecular weight excluding hydrogens is 450 g/mol. The van der Waals surface area contributed by atoms with Crippen LogP contribution in [0.4, 0.5) is 4.79 Å². The van der Waals surface area contributed by atoms with Crippen LogP contribution in [0, 0.1) is 5.92 Å². The molecule has 158 valence electrons. The molecule has 0 radical (unpaired) electrons. The lowest BCUT2D eigenvalue weighted by Gasteiger charge is -2.36. The molecule has 0 bridgehead atoms. The van der Waals surface area contributed by atoms with E-state index in [0.717, 1.165) is 34.2 Å². The number of carbonyl (C=O) groups is 3. The summed E-state index contributed by atoms with van der Waals surface area (Å²) in [6.07, 6.45) is 3.47. The molecule has 2 atom stereocenters. The van der Waals surface area contributed by atoms with Crippen molar-refractivity contribution in [3.05, 3.63) is 46.6 Å². The smallest absolute Gasteiger partial charge is 0.325 e. The third kappa shape index (κ3) is 3.88. The van der Waals surface area contributed by atoms with Crippen LogP contribution < -0.4 is 10.6 Å². The SMILES string of the molecule is C[C@@H]1CCCC[C@]12NC(=O)N(CC(=O)NCc1ccc(-c3ccc(Br)cc3)o1)C2=O. The number of imide groups is 1. The van der Waals surface area contributed by atoms with Crippen molar-refractivity contribution in [3.8, 4) is 11.3 Å². The van der Waals surface area contributed by atoms with Gasteiger partial charge in [-0.2, -0.15) is 0 Å². The normalized spacial score (nSPS) is 23.7. The maximum absolute atomic E-state index is 12.9. The van der Waals surface area contributed by atoms with Gasteiger partial charge in [-0.05, 0) is 43.0 Å². The largest absolute Gasteiger partial charge is 0.459 e. The summed E-state index contributed by atoms with van der Waals surface area (Å²) in [6, 6.07) is 10.9. The molecule has 1 aliphatic carbocycles. The summed E-state index contributed by atoms with van der Waals surface area (Å²) in [5.74, 6) is 0.673. The quantitative estimate of drug-likeness (QED) is 0.645. The topological polar surface area (TPSA) is 91.7 Å². The van der Waals surface area contributed by atoms with Crippen LogP contribution >= 0.6 is 15.9 Å². The van der Waals surface area contributed by atoms with Crippen LogP contribution in [-0.4, -0.2) is 34.8 Å². The molecule has 2 N–H and O–H groups in total. The number of furan rings is 1. The molecule has 1 spiro atoms. The molecule has 2 heterocycles. The van der Waals surface area contributed by atoms with Crippen LogP contribution in [0.2, 0.25) is 0 Å². The lowest BCUT2D eigenvalue weighted by molar-refractivity contribution is -0.137. The Hall–Kier alpha value is -2.61. The fourth-order valence-electron chi connectivity index (χ4n) is 4.27. The van der Waals surface area contributed by atoms with Crippen molar-refractivity contribution in [2.45, 2.75) is 44.7 Å². The zero-order valence-corrected chi connectivity index (χ0v) is 18.3. The number of urea groups is 1. The summed E-state index contributed by atoms with van der Waals surface area (Å²) in [5.41, 5.74) is 0.0814. The average molecular weight is 474 g/mol. The van der Waals surface area contributed by atoms with E-state index in [-0.39, 0.29) is 24.9 Å². The summed E-state index contributed by atoms with van der Waals surface area (Å²) in [5, 5.41) is 5.59. The van der Waals surface area contributed by atoms with Crippen molar-refractivity contribution in [1.82, 2.24) is 15.5 Å². The van der Waals surface area contributed by atoms with Crippen LogP contribution in [0.1, 0.15) is 38.4 Å². The maximum Gasteiger partial charge on any atom is 0.325 e. The van der Waals surface area contributed by atoms with Crippen molar-refractivity contribution in [2.75, 3.05) is 6.54 Å². The van der Waals surface area contributed by atoms with Gasteiger partial charge in [0.1, 0.15) is 23.6 Å². The zero-order chi connectivity index (χ0) is 21.3. The Labute approximate surface area is 183 Å². The van der Waals surface area contributed by atoms with E-state index in [1.807, 2.05) is 37.3 Å². The second-order valence-electron chi connectivity index (χ2n) is 7.99. The molecule has 4 rings (SSSR count). The van der Waals surface area contributed by atoms with E-state index in [4.69, 9.17) is 4.42 Å². The van der Waals surface area contributed by atoms with Gasteiger partial charge in [0, 0.05) is 10.0 Å². The van der Waals surface area contributed by atoms with Gasteiger partial charge < -0.3 is 15.1 Å². The van der Waals surface area contributed by atoms with Crippen LogP contribution in [0.3, 0.4) is 0 Å². The third-order valence-electron chi connectivity index (χ3n) is 6.05. The molecule has 4 amide bonds. The highest BCUT2D eigenvalue weighted by Crippen LogP contribution is 2.38. The van der Waals surface area contributed by atoms with Crippen LogP contribution in [0.15, 0.2) is 45.3 Å². The lowest BCUT2D eigenvalue weighted by Crippen LogP contribution is -2.54. The number of benzene rings is 1. The number of rotatable bonds is 5. The van der Waals surface area contributed by atoms with E-state index in [9.17, 15) is 14.4 Å². The van der Waals surface area contributed by atoms with Gasteiger partial charge in [-0.1, -0.05) is 47.8 Å². The molecule has 0 unspecified atom stereocenters. The molecule has 30 heavy (non-hydrogen) atoms. The minimum absolute atomic E-state index is 0.0657. The first-order valence-electron chi connectivity index (χ1n) is 10.1. The number of nitrogens with one attached hydrogen (secondary N) is 2. The van der Waals surface area contributed by atoms with Crippen LogP contribution in [0.25, 0.3) is 11.3 Å². The zero-order valence-electron chi connectivity index (χ0n) is 16.7. The second kappa shape index (κ2) is 8.26. The van der Waals surface area contributed by atoms with Crippen molar-refractivity contribution in [2.24, 2.45) is 5.92 Å². The summed E-state index contributed by atoms with van der Waals surface area (Å²) in [6.45, 7) is 1.88. The van der Waals surface area contributed by atoms with Crippen molar-refractivity contribution in [1.29, 1.82) is 0 Å². The minimum Gasteiger partial charge on any atom is -0.459 e. The van der Waals surface area contributed by atoms with E-state index in [2.05, 4.69) is 26.6 Å². The lowest BCUT2D eigenvalue weighted by atomic mass is 9.73. The van der Waals surface area contributed by atoms with E-state index in [0.29, 0.717) is 17.9 Å². The van der Waals surface area contributed by atoms with E-state index in [1.54, 1.807) is 6.07 Å². The summed E-state index contributed by atoms with van der Waals surface area (Å²) in [7, 11) is 0. The van der Waals surface area contributed by atoms with Gasteiger partial charge in [0.2, 0.25) is 5.91 Å². The Kier molecular flexibility index (Phi) is 5.69. The monoisotopic (exact) mass is 473 g/mol. The van der Waals surface area contributed by atoms with E-state index < -0.39 is 17.5 Å². The molecule has 1 saturated heterocycles. The Morgan fingerprint density at radius 2 is 2.00 bits per heavy atom. The first-order valence-corrected chi connectivity index (χ1v) is 10.9. The van der Waals surface area contributed by atoms with Gasteiger partial charge >= 0.3 is 6.03 Å². The Balaban J connectivity index is 1.35. The number of amides is 4. The van der Waals surface area contributed by atoms with Crippen LogP contribution in [-0.2, 0) is 16.1 Å². The highest BCUT2D eigenvalue weighted by Gasteiger charge is 2.55. The standard InChI is InChI=1S/C22H24BrN3O4/c1-14-4-2-3-11-22(14)20(28)26(21(29)25-22)13-19(27)24-12-17-9-10-18(30-17)15-5-7-16(23)8-6-15/h5-10,14H,2-4,11-13H2,1H3,(H,24,27)(H,25,29)/t14-,22+/m1/s1. The van der Waals surface area contributed by atoms with Gasteiger partial charge in [-0.15, -0.1) is 0 Å². The Morgan fingerprint density at radius 3 is 2.73 bits per heavy atom. The summed E-state index contributed by atoms with van der Waals surface area (Å²) >= 11 is 3.40. The highest BCUT2D eigenvalue weighted by atomic mass is 79.9. The summed E-state index contributed by atoms with van der Waals surface area (Å²) < 4.78 is 6.77. The van der Waals surface area contributed by atoms with E-state index in [1.165, 1.54) is 0 Å². The van der Waals surface area contributed by atoms with Gasteiger partial charge in [-0.3, -0.25) is 14.5 Å². The summed E-state index contributed by atoms with van der Waals surface area (Å²) in [4.78, 5) is 38.8. The van der Waals surface area contributed by atoms with Crippen LogP contribution in [0.5, 0.6) is 0 Å². The van der Waals surface area contributed by atoms with Gasteiger partial charge in [0.05, 0.1) is 6.54 Å².